The molecule has 0 fully saturated rings. The molecular formula is C20H24N4OS. The Morgan fingerprint density at radius 2 is 1.92 bits per heavy atom. The molecule has 0 unspecified atom stereocenters. The summed E-state index contributed by atoms with van der Waals surface area (Å²) in [6.45, 7) is 7.93. The Bertz CT molecular complexity index is 882. The molecule has 0 saturated carbocycles. The third-order valence-corrected chi connectivity index (χ3v) is 5.08. The Morgan fingerprint density at radius 1 is 1.15 bits per heavy atom. The molecule has 0 atom stereocenters. The predicted molar refractivity (Wildman–Crippen MR) is 110 cm³/mol. The summed E-state index contributed by atoms with van der Waals surface area (Å²) < 4.78 is 1.05. The van der Waals surface area contributed by atoms with E-state index in [0.717, 1.165) is 58.2 Å². The SMILES string of the molecule is CCCN(CCC)c1ccc(-c2nc3ccc(NC(C)=O)cc3s2)cn1. The van der Waals surface area contributed by atoms with Gasteiger partial charge in [0, 0.05) is 37.5 Å². The minimum absolute atomic E-state index is 0.0717. The van der Waals surface area contributed by atoms with Gasteiger partial charge in [0.05, 0.1) is 10.2 Å². The number of fused-ring (bicyclic) bond motifs is 1. The third-order valence-electron chi connectivity index (χ3n) is 4.01. The zero-order valence-electron chi connectivity index (χ0n) is 15.5. The van der Waals surface area contributed by atoms with Crippen LogP contribution in [0, 0.1) is 0 Å². The summed E-state index contributed by atoms with van der Waals surface area (Å²) in [4.78, 5) is 22.9. The topological polar surface area (TPSA) is 58.1 Å². The Morgan fingerprint density at radius 3 is 2.54 bits per heavy atom. The van der Waals surface area contributed by atoms with Gasteiger partial charge < -0.3 is 10.2 Å². The molecule has 5 nitrogen and oxygen atoms in total. The lowest BCUT2D eigenvalue weighted by Crippen LogP contribution is -2.25. The van der Waals surface area contributed by atoms with E-state index in [1.807, 2.05) is 24.4 Å². The first kappa shape index (κ1) is 18.3. The van der Waals surface area contributed by atoms with Crippen molar-refractivity contribution in [1.29, 1.82) is 0 Å². The van der Waals surface area contributed by atoms with Gasteiger partial charge >= 0.3 is 0 Å². The van der Waals surface area contributed by atoms with E-state index in [0.29, 0.717) is 0 Å². The first-order chi connectivity index (χ1) is 12.6. The second-order valence-corrected chi connectivity index (χ2v) is 7.31. The van der Waals surface area contributed by atoms with E-state index in [1.165, 1.54) is 6.92 Å². The highest BCUT2D eigenvalue weighted by Gasteiger charge is 2.10. The van der Waals surface area contributed by atoms with Crippen LogP contribution in [0.3, 0.4) is 0 Å². The molecule has 2 aromatic heterocycles. The number of pyridine rings is 1. The smallest absolute Gasteiger partial charge is 0.221 e. The van der Waals surface area contributed by atoms with Crippen LogP contribution >= 0.6 is 11.3 Å². The fourth-order valence-electron chi connectivity index (χ4n) is 2.91. The van der Waals surface area contributed by atoms with Crippen LogP contribution in [0.1, 0.15) is 33.6 Å². The summed E-state index contributed by atoms with van der Waals surface area (Å²) in [5.41, 5.74) is 2.74. The van der Waals surface area contributed by atoms with Gasteiger partial charge in [0.2, 0.25) is 5.91 Å². The van der Waals surface area contributed by atoms with Gasteiger partial charge in [-0.1, -0.05) is 13.8 Å². The molecule has 1 aromatic carbocycles. The molecular weight excluding hydrogens is 344 g/mol. The van der Waals surface area contributed by atoms with E-state index in [-0.39, 0.29) is 5.91 Å². The van der Waals surface area contributed by atoms with Crippen molar-refractivity contribution in [2.24, 2.45) is 0 Å². The summed E-state index contributed by atoms with van der Waals surface area (Å²) >= 11 is 1.61. The van der Waals surface area contributed by atoms with Gasteiger partial charge in [-0.25, -0.2) is 9.97 Å². The first-order valence-electron chi connectivity index (χ1n) is 9.00. The number of carbonyl (C=O) groups is 1. The van der Waals surface area contributed by atoms with Crippen LogP contribution in [-0.2, 0) is 4.79 Å². The fourth-order valence-corrected chi connectivity index (χ4v) is 3.90. The predicted octanol–water partition coefficient (Wildman–Crippen LogP) is 4.94. The van der Waals surface area contributed by atoms with Crippen molar-refractivity contribution in [2.45, 2.75) is 33.6 Å². The van der Waals surface area contributed by atoms with E-state index >= 15 is 0 Å². The number of benzene rings is 1. The number of nitrogens with zero attached hydrogens (tertiary/aromatic N) is 3. The van der Waals surface area contributed by atoms with Gasteiger partial charge in [0.25, 0.3) is 0 Å². The Labute approximate surface area is 158 Å². The van der Waals surface area contributed by atoms with Crippen molar-refractivity contribution in [3.8, 4) is 10.6 Å². The van der Waals surface area contributed by atoms with Gasteiger partial charge in [0.1, 0.15) is 10.8 Å². The lowest BCUT2D eigenvalue weighted by molar-refractivity contribution is -0.114. The summed E-state index contributed by atoms with van der Waals surface area (Å²) in [5.74, 6) is 0.948. The molecule has 3 rings (SSSR count). The Kier molecular flexibility index (Phi) is 5.83. The Balaban J connectivity index is 1.85. The molecule has 0 spiro atoms. The average molecular weight is 369 g/mol. The van der Waals surface area contributed by atoms with Crippen LogP contribution < -0.4 is 10.2 Å². The van der Waals surface area contributed by atoms with Crippen LogP contribution in [0.4, 0.5) is 11.5 Å². The van der Waals surface area contributed by atoms with Crippen LogP contribution in [0.5, 0.6) is 0 Å². The van der Waals surface area contributed by atoms with Gasteiger partial charge in [-0.2, -0.15) is 0 Å². The van der Waals surface area contributed by atoms with E-state index in [9.17, 15) is 4.79 Å². The lowest BCUT2D eigenvalue weighted by Gasteiger charge is -2.22. The van der Waals surface area contributed by atoms with E-state index in [1.54, 1.807) is 11.3 Å². The molecule has 0 saturated heterocycles. The summed E-state index contributed by atoms with van der Waals surface area (Å²) in [6.07, 6.45) is 4.12. The molecule has 0 aliphatic heterocycles. The number of rotatable bonds is 7. The van der Waals surface area contributed by atoms with Gasteiger partial charge in [-0.05, 0) is 43.2 Å². The molecule has 0 aliphatic carbocycles. The minimum Gasteiger partial charge on any atom is -0.357 e. The average Bonchev–Trinajstić information content (AvgIpc) is 3.04. The van der Waals surface area contributed by atoms with Gasteiger partial charge in [-0.15, -0.1) is 11.3 Å². The molecule has 0 aliphatic rings. The monoisotopic (exact) mass is 368 g/mol. The van der Waals surface area contributed by atoms with Crippen LogP contribution in [0.2, 0.25) is 0 Å². The first-order valence-corrected chi connectivity index (χ1v) is 9.82. The number of aromatic nitrogens is 2. The van der Waals surface area contributed by atoms with Crippen LogP contribution in [0.25, 0.3) is 20.8 Å². The maximum absolute atomic E-state index is 11.2. The van der Waals surface area contributed by atoms with Crippen LogP contribution in [-0.4, -0.2) is 29.0 Å². The maximum Gasteiger partial charge on any atom is 0.221 e. The number of nitrogens with one attached hydrogen (secondary N) is 1. The highest BCUT2D eigenvalue weighted by atomic mass is 32.1. The Hall–Kier alpha value is -2.47. The largest absolute Gasteiger partial charge is 0.357 e. The zero-order valence-corrected chi connectivity index (χ0v) is 16.3. The van der Waals surface area contributed by atoms with Gasteiger partial charge in [0.15, 0.2) is 0 Å². The van der Waals surface area contributed by atoms with Crippen molar-refractivity contribution in [3.63, 3.8) is 0 Å². The van der Waals surface area contributed by atoms with Crippen LogP contribution in [0.15, 0.2) is 36.5 Å². The van der Waals surface area contributed by atoms with Crippen molar-refractivity contribution < 1.29 is 4.79 Å². The maximum atomic E-state index is 11.2. The second kappa shape index (κ2) is 8.27. The van der Waals surface area contributed by atoms with E-state index < -0.39 is 0 Å². The molecule has 0 radical (unpaired) electrons. The zero-order chi connectivity index (χ0) is 18.5. The quantitative estimate of drug-likeness (QED) is 0.641. The molecule has 1 N–H and O–H groups in total. The second-order valence-electron chi connectivity index (χ2n) is 6.27. The van der Waals surface area contributed by atoms with Gasteiger partial charge in [-0.3, -0.25) is 4.79 Å². The number of amides is 1. The van der Waals surface area contributed by atoms with E-state index in [2.05, 4.69) is 41.2 Å². The number of hydrogen-bond acceptors (Lipinski definition) is 5. The van der Waals surface area contributed by atoms with Crippen molar-refractivity contribution in [3.05, 3.63) is 36.5 Å². The molecule has 26 heavy (non-hydrogen) atoms. The van der Waals surface area contributed by atoms with Crippen molar-refractivity contribution in [2.75, 3.05) is 23.3 Å². The summed E-state index contributed by atoms with van der Waals surface area (Å²) in [5, 5.41) is 3.75. The van der Waals surface area contributed by atoms with E-state index in [4.69, 9.17) is 4.98 Å². The number of hydrogen-bond donors (Lipinski definition) is 1. The lowest BCUT2D eigenvalue weighted by atomic mass is 10.2. The highest BCUT2D eigenvalue weighted by molar-refractivity contribution is 7.21. The summed E-state index contributed by atoms with van der Waals surface area (Å²) in [7, 11) is 0. The third kappa shape index (κ3) is 4.19. The van der Waals surface area contributed by atoms with Crippen molar-refractivity contribution in [1.82, 2.24) is 9.97 Å². The molecule has 0 bridgehead atoms. The minimum atomic E-state index is -0.0717. The molecule has 6 heteroatoms. The van der Waals surface area contributed by atoms with Crippen molar-refractivity contribution >= 4 is 39.0 Å². The standard InChI is InChI=1S/C20H24N4OS/c1-4-10-24(11-5-2)19-9-6-15(13-21-19)20-23-17-8-7-16(22-14(3)25)12-18(17)26-20/h6-9,12-13H,4-5,10-11H2,1-3H3,(H,22,25). The molecule has 2 heterocycles. The molecule has 3 aromatic rings. The molecule has 1 amide bonds. The number of thiazole rings is 1. The fraction of sp³-hybridized carbons (Fsp3) is 0.350. The normalized spacial score (nSPS) is 10.9. The molecule has 136 valence electrons. The highest BCUT2D eigenvalue weighted by Crippen LogP contribution is 2.32. The number of carbonyl (C=O) groups excluding carboxylic acids is 1. The number of anilines is 2. The summed E-state index contributed by atoms with van der Waals surface area (Å²) in [6, 6.07) is 9.95.